The van der Waals surface area contributed by atoms with Gasteiger partial charge in [-0.25, -0.2) is 4.79 Å². The van der Waals surface area contributed by atoms with Gasteiger partial charge in [0.2, 0.25) is 5.91 Å². The van der Waals surface area contributed by atoms with Crippen molar-refractivity contribution in [3.05, 3.63) is 28.8 Å². The molecule has 0 bridgehead atoms. The predicted molar refractivity (Wildman–Crippen MR) is 74.6 cm³/mol. The quantitative estimate of drug-likeness (QED) is 0.812. The largest absolute Gasteiger partial charge is 0.465 e. The highest BCUT2D eigenvalue weighted by Crippen LogP contribution is 2.23. The van der Waals surface area contributed by atoms with Crippen LogP contribution in [-0.2, 0) is 9.53 Å². The van der Waals surface area contributed by atoms with Crippen LogP contribution in [0.1, 0.15) is 24.2 Å². The highest BCUT2D eigenvalue weighted by Gasteiger charge is 2.10. The van der Waals surface area contributed by atoms with Crippen LogP contribution in [0.25, 0.3) is 0 Å². The number of anilines is 1. The molecule has 0 aromatic heterocycles. The van der Waals surface area contributed by atoms with E-state index in [2.05, 4.69) is 15.4 Å². The number of amides is 1. The number of hydrogen-bond acceptors (Lipinski definition) is 4. The van der Waals surface area contributed by atoms with Gasteiger partial charge in [-0.1, -0.05) is 11.6 Å². The molecule has 0 spiro atoms. The van der Waals surface area contributed by atoms with Crippen molar-refractivity contribution in [3.63, 3.8) is 0 Å². The third-order valence-electron chi connectivity index (χ3n) is 2.28. The van der Waals surface area contributed by atoms with Crippen molar-refractivity contribution in [1.82, 2.24) is 5.32 Å². The molecule has 0 fully saturated rings. The molecule has 0 aliphatic rings. The summed E-state index contributed by atoms with van der Waals surface area (Å²) in [7, 11) is 1.31. The highest BCUT2D eigenvalue weighted by atomic mass is 35.5. The van der Waals surface area contributed by atoms with Crippen LogP contribution in [0.3, 0.4) is 0 Å². The third kappa shape index (κ3) is 4.79. The molecule has 0 aliphatic heterocycles. The molecular formula is C13H17ClN2O3. The molecule has 104 valence electrons. The molecule has 0 unspecified atom stereocenters. The minimum atomic E-state index is -0.452. The zero-order chi connectivity index (χ0) is 14.4. The third-order valence-corrected chi connectivity index (χ3v) is 2.61. The molecule has 0 aliphatic carbocycles. The molecule has 0 saturated heterocycles. The van der Waals surface area contributed by atoms with E-state index in [1.54, 1.807) is 18.2 Å². The maximum absolute atomic E-state index is 11.5. The van der Waals surface area contributed by atoms with Crippen LogP contribution < -0.4 is 10.6 Å². The summed E-state index contributed by atoms with van der Waals surface area (Å²) in [5.41, 5.74) is 0.891. The minimum Gasteiger partial charge on any atom is -0.465 e. The van der Waals surface area contributed by atoms with Crippen molar-refractivity contribution in [3.8, 4) is 0 Å². The number of nitrogens with one attached hydrogen (secondary N) is 2. The molecule has 1 rings (SSSR count). The van der Waals surface area contributed by atoms with Gasteiger partial charge in [0.1, 0.15) is 0 Å². The molecule has 19 heavy (non-hydrogen) atoms. The molecule has 1 aromatic carbocycles. The summed E-state index contributed by atoms with van der Waals surface area (Å²) in [6, 6.07) is 4.77. The van der Waals surface area contributed by atoms with Gasteiger partial charge in [0.05, 0.1) is 29.9 Å². The minimum absolute atomic E-state index is 0.0752. The molecule has 1 aromatic rings. The second-order valence-electron chi connectivity index (χ2n) is 4.26. The molecule has 0 radical (unpaired) electrons. The molecule has 5 nitrogen and oxygen atoms in total. The van der Waals surface area contributed by atoms with Crippen molar-refractivity contribution in [2.75, 3.05) is 19.0 Å². The van der Waals surface area contributed by atoms with Crippen LogP contribution >= 0.6 is 11.6 Å². The lowest BCUT2D eigenvalue weighted by molar-refractivity contribution is -0.119. The van der Waals surface area contributed by atoms with Crippen molar-refractivity contribution < 1.29 is 14.3 Å². The lowest BCUT2D eigenvalue weighted by Gasteiger charge is -2.11. The zero-order valence-electron chi connectivity index (χ0n) is 11.1. The fraction of sp³-hybridized carbons (Fsp3) is 0.385. The second kappa shape index (κ2) is 6.99. The van der Waals surface area contributed by atoms with Gasteiger partial charge < -0.3 is 15.4 Å². The van der Waals surface area contributed by atoms with Gasteiger partial charge in [-0.15, -0.1) is 0 Å². The number of ether oxygens (including phenoxy) is 1. The molecule has 6 heteroatoms. The molecule has 2 N–H and O–H groups in total. The van der Waals surface area contributed by atoms with Gasteiger partial charge in [-0.05, 0) is 32.0 Å². The van der Waals surface area contributed by atoms with E-state index in [1.807, 2.05) is 13.8 Å². The Balaban J connectivity index is 2.72. The first-order valence-electron chi connectivity index (χ1n) is 5.85. The van der Waals surface area contributed by atoms with Gasteiger partial charge in [0, 0.05) is 6.04 Å². The van der Waals surface area contributed by atoms with Gasteiger partial charge in [0.25, 0.3) is 0 Å². The van der Waals surface area contributed by atoms with E-state index >= 15 is 0 Å². The number of halogens is 1. The maximum atomic E-state index is 11.5. The Morgan fingerprint density at radius 2 is 2.05 bits per heavy atom. The van der Waals surface area contributed by atoms with Gasteiger partial charge in [0.15, 0.2) is 0 Å². The number of hydrogen-bond donors (Lipinski definition) is 2. The first-order valence-corrected chi connectivity index (χ1v) is 6.23. The number of carbonyl (C=O) groups excluding carboxylic acids is 2. The second-order valence-corrected chi connectivity index (χ2v) is 4.67. The van der Waals surface area contributed by atoms with Crippen molar-refractivity contribution >= 4 is 29.2 Å². The smallest absolute Gasteiger partial charge is 0.337 e. The van der Waals surface area contributed by atoms with Crippen LogP contribution in [0.4, 0.5) is 5.69 Å². The van der Waals surface area contributed by atoms with E-state index in [0.29, 0.717) is 16.3 Å². The summed E-state index contributed by atoms with van der Waals surface area (Å²) >= 11 is 5.99. The first kappa shape index (κ1) is 15.3. The molecule has 1 amide bonds. The lowest BCUT2D eigenvalue weighted by Crippen LogP contribution is -2.34. The van der Waals surface area contributed by atoms with Gasteiger partial charge >= 0.3 is 5.97 Å². The number of benzene rings is 1. The average Bonchev–Trinajstić information content (AvgIpc) is 2.36. The summed E-state index contributed by atoms with van der Waals surface area (Å²) in [6.45, 7) is 3.84. The SMILES string of the molecule is COC(=O)c1ccc(Cl)c(NCC(=O)NC(C)C)c1. The molecule has 0 heterocycles. The summed E-state index contributed by atoms with van der Waals surface area (Å²) in [6.07, 6.45) is 0. The van der Waals surface area contributed by atoms with Crippen LogP contribution in [0.2, 0.25) is 5.02 Å². The Morgan fingerprint density at radius 3 is 2.63 bits per heavy atom. The van der Waals surface area contributed by atoms with E-state index in [9.17, 15) is 9.59 Å². The van der Waals surface area contributed by atoms with Crippen LogP contribution in [0, 0.1) is 0 Å². The standard InChI is InChI=1S/C13H17ClN2O3/c1-8(2)16-12(17)7-15-11-6-9(13(18)19-3)4-5-10(11)14/h4-6,8,15H,7H2,1-3H3,(H,16,17). The molecule has 0 atom stereocenters. The van der Waals surface area contributed by atoms with Crippen LogP contribution in [0.5, 0.6) is 0 Å². The van der Waals surface area contributed by atoms with Gasteiger partial charge in [-0.3, -0.25) is 4.79 Å². The lowest BCUT2D eigenvalue weighted by atomic mass is 10.2. The Morgan fingerprint density at radius 1 is 1.37 bits per heavy atom. The monoisotopic (exact) mass is 284 g/mol. The van der Waals surface area contributed by atoms with E-state index < -0.39 is 5.97 Å². The fourth-order valence-electron chi connectivity index (χ4n) is 1.45. The Kier molecular flexibility index (Phi) is 5.63. The van der Waals surface area contributed by atoms with E-state index in [-0.39, 0.29) is 18.5 Å². The molecule has 0 saturated carbocycles. The summed E-state index contributed by atoms with van der Waals surface area (Å²) in [4.78, 5) is 22.9. The van der Waals surface area contributed by atoms with Crippen molar-refractivity contribution in [2.45, 2.75) is 19.9 Å². The maximum Gasteiger partial charge on any atom is 0.337 e. The zero-order valence-corrected chi connectivity index (χ0v) is 11.9. The topological polar surface area (TPSA) is 67.4 Å². The average molecular weight is 285 g/mol. The van der Waals surface area contributed by atoms with Gasteiger partial charge in [-0.2, -0.15) is 0 Å². The molecular weight excluding hydrogens is 268 g/mol. The van der Waals surface area contributed by atoms with Crippen LogP contribution in [0.15, 0.2) is 18.2 Å². The number of carbonyl (C=O) groups is 2. The first-order chi connectivity index (χ1) is 8.93. The van der Waals surface area contributed by atoms with Crippen LogP contribution in [-0.4, -0.2) is 31.6 Å². The summed E-state index contributed by atoms with van der Waals surface area (Å²) in [5, 5.41) is 6.07. The normalized spacial score (nSPS) is 10.2. The van der Waals surface area contributed by atoms with E-state index in [1.165, 1.54) is 7.11 Å². The number of rotatable bonds is 5. The van der Waals surface area contributed by atoms with Crippen molar-refractivity contribution in [1.29, 1.82) is 0 Å². The number of methoxy groups -OCH3 is 1. The fourth-order valence-corrected chi connectivity index (χ4v) is 1.64. The van der Waals surface area contributed by atoms with E-state index in [0.717, 1.165) is 0 Å². The highest BCUT2D eigenvalue weighted by molar-refractivity contribution is 6.33. The van der Waals surface area contributed by atoms with E-state index in [4.69, 9.17) is 11.6 Å². The van der Waals surface area contributed by atoms with Crippen molar-refractivity contribution in [2.24, 2.45) is 0 Å². The summed E-state index contributed by atoms with van der Waals surface area (Å²) < 4.78 is 4.62. The Hall–Kier alpha value is -1.75. The predicted octanol–water partition coefficient (Wildman–Crippen LogP) is 2.06. The Bertz CT molecular complexity index is 475. The summed E-state index contributed by atoms with van der Waals surface area (Å²) in [5.74, 6) is -0.596. The number of esters is 1. The Labute approximate surface area is 117 Å².